The second-order valence-electron chi connectivity index (χ2n) is 5.22. The summed E-state index contributed by atoms with van der Waals surface area (Å²) in [6.45, 7) is 1.68. The number of carbonyl (C=O) groups is 2. The van der Waals surface area contributed by atoms with Crippen molar-refractivity contribution < 1.29 is 14.3 Å². The fourth-order valence-electron chi connectivity index (χ4n) is 2.42. The van der Waals surface area contributed by atoms with E-state index in [2.05, 4.69) is 0 Å². The third kappa shape index (κ3) is 3.05. The van der Waals surface area contributed by atoms with Crippen LogP contribution >= 0.6 is 23.2 Å². The molecule has 0 aromatic heterocycles. The third-order valence-electron chi connectivity index (χ3n) is 3.62. The summed E-state index contributed by atoms with van der Waals surface area (Å²) >= 11 is 12.0. The van der Waals surface area contributed by atoms with Crippen molar-refractivity contribution in [1.82, 2.24) is 4.90 Å². The first-order valence-corrected chi connectivity index (χ1v) is 7.78. The van der Waals surface area contributed by atoms with Gasteiger partial charge < -0.3 is 4.74 Å². The van der Waals surface area contributed by atoms with Crippen LogP contribution < -0.4 is 4.74 Å². The van der Waals surface area contributed by atoms with Crippen molar-refractivity contribution in [3.8, 4) is 5.75 Å². The predicted octanol–water partition coefficient (Wildman–Crippen LogP) is 3.94. The lowest BCUT2D eigenvalue weighted by Gasteiger charge is -2.21. The molecule has 0 fully saturated rings. The molecule has 2 aromatic rings. The van der Waals surface area contributed by atoms with Gasteiger partial charge in [-0.15, -0.1) is 0 Å². The van der Waals surface area contributed by atoms with Crippen LogP contribution in [0.5, 0.6) is 5.75 Å². The van der Waals surface area contributed by atoms with Crippen LogP contribution in [0, 0.1) is 0 Å². The van der Waals surface area contributed by atoms with E-state index in [1.165, 1.54) is 0 Å². The van der Waals surface area contributed by atoms with Crippen molar-refractivity contribution >= 4 is 35.0 Å². The molecule has 1 heterocycles. The summed E-state index contributed by atoms with van der Waals surface area (Å²) in [6, 6.07) is 11.8. The molecule has 1 unspecified atom stereocenters. The van der Waals surface area contributed by atoms with E-state index in [4.69, 9.17) is 27.9 Å². The van der Waals surface area contributed by atoms with Crippen LogP contribution in [0.4, 0.5) is 0 Å². The lowest BCUT2D eigenvalue weighted by atomic mass is 10.1. The van der Waals surface area contributed by atoms with Gasteiger partial charge in [0, 0.05) is 10.0 Å². The number of fused-ring (bicyclic) bond motifs is 1. The molecule has 0 bridgehead atoms. The van der Waals surface area contributed by atoms with Gasteiger partial charge in [0.05, 0.1) is 12.1 Å². The van der Waals surface area contributed by atoms with Crippen molar-refractivity contribution in [2.45, 2.75) is 19.6 Å². The summed E-state index contributed by atoms with van der Waals surface area (Å²) in [5, 5.41) is 0.901. The molecular formula is C17H13Cl2NO3. The molecule has 23 heavy (non-hydrogen) atoms. The fraction of sp³-hybridized carbons (Fsp3) is 0.176. The van der Waals surface area contributed by atoms with Gasteiger partial charge in [-0.25, -0.2) is 0 Å². The Morgan fingerprint density at radius 1 is 1.13 bits per heavy atom. The number of rotatable bonds is 2. The Kier molecular flexibility index (Phi) is 4.28. The lowest BCUT2D eigenvalue weighted by Crippen LogP contribution is -2.41. The van der Waals surface area contributed by atoms with Crippen molar-refractivity contribution in [3.63, 3.8) is 0 Å². The second-order valence-corrected chi connectivity index (χ2v) is 6.07. The number of para-hydroxylation sites is 1. The maximum absolute atomic E-state index is 12.7. The van der Waals surface area contributed by atoms with E-state index in [0.29, 0.717) is 26.9 Å². The Labute approximate surface area is 143 Å². The number of hydrogen-bond donors (Lipinski definition) is 0. The van der Waals surface area contributed by atoms with Crippen LogP contribution in [0.25, 0.3) is 0 Å². The summed E-state index contributed by atoms with van der Waals surface area (Å²) in [4.78, 5) is 26.4. The van der Waals surface area contributed by atoms with Crippen molar-refractivity contribution in [2.75, 3.05) is 0 Å². The van der Waals surface area contributed by atoms with Crippen molar-refractivity contribution in [3.05, 3.63) is 63.6 Å². The van der Waals surface area contributed by atoms with Gasteiger partial charge in [0.25, 0.3) is 11.8 Å². The Morgan fingerprint density at radius 3 is 2.61 bits per heavy atom. The number of halogens is 2. The van der Waals surface area contributed by atoms with E-state index >= 15 is 0 Å². The summed E-state index contributed by atoms with van der Waals surface area (Å²) < 4.78 is 5.59. The number of ether oxygens (including phenoxy) is 1. The summed E-state index contributed by atoms with van der Waals surface area (Å²) in [6.07, 6.45) is -0.756. The minimum absolute atomic E-state index is 0.0652. The molecule has 0 saturated heterocycles. The smallest absolute Gasteiger partial charge is 0.270 e. The molecule has 6 heteroatoms. The van der Waals surface area contributed by atoms with Gasteiger partial charge in [-0.05, 0) is 36.8 Å². The Bertz CT molecular complexity index is 791. The van der Waals surface area contributed by atoms with Gasteiger partial charge in [-0.2, -0.15) is 0 Å². The second kappa shape index (κ2) is 6.22. The van der Waals surface area contributed by atoms with Crippen LogP contribution in [0.3, 0.4) is 0 Å². The summed E-state index contributed by atoms with van der Waals surface area (Å²) in [5.41, 5.74) is 1.000. The van der Waals surface area contributed by atoms with E-state index < -0.39 is 17.9 Å². The minimum Gasteiger partial charge on any atom is -0.480 e. The van der Waals surface area contributed by atoms with Crippen LogP contribution in [-0.2, 0) is 11.3 Å². The maximum Gasteiger partial charge on any atom is 0.270 e. The zero-order valence-electron chi connectivity index (χ0n) is 12.3. The van der Waals surface area contributed by atoms with E-state index in [0.717, 1.165) is 4.90 Å². The highest BCUT2D eigenvalue weighted by Crippen LogP contribution is 2.28. The number of imide groups is 1. The molecule has 1 aliphatic rings. The predicted molar refractivity (Wildman–Crippen MR) is 87.9 cm³/mol. The van der Waals surface area contributed by atoms with Crippen molar-refractivity contribution in [1.29, 1.82) is 0 Å². The SMILES string of the molecule is CC1Oc2ccccc2C(=O)N(Cc2ccc(Cl)cc2Cl)C1=O. The highest BCUT2D eigenvalue weighted by Gasteiger charge is 2.34. The Balaban J connectivity index is 2.00. The van der Waals surface area contributed by atoms with Crippen molar-refractivity contribution in [2.24, 2.45) is 0 Å². The molecular weight excluding hydrogens is 337 g/mol. The summed E-state index contributed by atoms with van der Waals surface area (Å²) in [5.74, 6) is -0.402. The molecule has 1 atom stereocenters. The van der Waals surface area contributed by atoms with E-state index in [1.54, 1.807) is 49.4 Å². The van der Waals surface area contributed by atoms with Gasteiger partial charge in [0.15, 0.2) is 6.10 Å². The topological polar surface area (TPSA) is 46.6 Å². The van der Waals surface area contributed by atoms with E-state index in [1.807, 2.05) is 0 Å². The Hall–Kier alpha value is -2.04. The largest absolute Gasteiger partial charge is 0.480 e. The lowest BCUT2D eigenvalue weighted by molar-refractivity contribution is -0.135. The highest BCUT2D eigenvalue weighted by molar-refractivity contribution is 6.35. The van der Waals surface area contributed by atoms with Gasteiger partial charge in [0.1, 0.15) is 5.75 Å². The van der Waals surface area contributed by atoms with E-state index in [-0.39, 0.29) is 6.54 Å². The van der Waals surface area contributed by atoms with E-state index in [9.17, 15) is 9.59 Å². The Morgan fingerprint density at radius 2 is 1.87 bits per heavy atom. The standard InChI is InChI=1S/C17H13Cl2NO3/c1-10-16(21)20(9-11-6-7-12(18)8-14(11)19)17(22)13-4-2-3-5-15(13)23-10/h2-8,10H,9H2,1H3. The molecule has 0 N–H and O–H groups in total. The number of carbonyl (C=O) groups excluding carboxylic acids is 2. The maximum atomic E-state index is 12.7. The number of benzene rings is 2. The first-order valence-electron chi connectivity index (χ1n) is 7.02. The average Bonchev–Trinajstić information content (AvgIpc) is 2.61. The molecule has 1 aliphatic heterocycles. The number of hydrogen-bond acceptors (Lipinski definition) is 3. The van der Waals surface area contributed by atoms with Gasteiger partial charge >= 0.3 is 0 Å². The van der Waals surface area contributed by atoms with Crippen LogP contribution in [0.15, 0.2) is 42.5 Å². The molecule has 4 nitrogen and oxygen atoms in total. The van der Waals surface area contributed by atoms with Gasteiger partial charge in [-0.1, -0.05) is 41.4 Å². The van der Waals surface area contributed by atoms with Crippen LogP contribution in [0.2, 0.25) is 10.0 Å². The first kappa shape index (κ1) is 15.8. The van der Waals surface area contributed by atoms with Gasteiger partial charge in [0.2, 0.25) is 0 Å². The normalized spacial score (nSPS) is 17.5. The zero-order valence-corrected chi connectivity index (χ0v) is 13.8. The highest BCUT2D eigenvalue weighted by atomic mass is 35.5. The molecule has 0 saturated carbocycles. The average molecular weight is 350 g/mol. The molecule has 2 amide bonds. The number of amides is 2. The first-order chi connectivity index (χ1) is 11.0. The summed E-state index contributed by atoms with van der Waals surface area (Å²) in [7, 11) is 0. The minimum atomic E-state index is -0.756. The van der Waals surface area contributed by atoms with Gasteiger partial charge in [-0.3, -0.25) is 14.5 Å². The fourth-order valence-corrected chi connectivity index (χ4v) is 2.89. The third-order valence-corrected chi connectivity index (χ3v) is 4.21. The number of nitrogens with zero attached hydrogens (tertiary/aromatic N) is 1. The molecule has 2 aromatic carbocycles. The molecule has 0 radical (unpaired) electrons. The molecule has 0 spiro atoms. The monoisotopic (exact) mass is 349 g/mol. The van der Waals surface area contributed by atoms with Crippen LogP contribution in [0.1, 0.15) is 22.8 Å². The molecule has 3 rings (SSSR count). The molecule has 118 valence electrons. The zero-order chi connectivity index (χ0) is 16.6. The molecule has 0 aliphatic carbocycles. The van der Waals surface area contributed by atoms with Crippen LogP contribution in [-0.4, -0.2) is 22.8 Å². The quantitative estimate of drug-likeness (QED) is 0.771.